The van der Waals surface area contributed by atoms with Gasteiger partial charge in [-0.3, -0.25) is 15.3 Å². The average Bonchev–Trinajstić information content (AvgIpc) is 3.66. The molecule has 0 spiro atoms. The minimum atomic E-state index is -0.458. The number of fused-ring (bicyclic) bond motifs is 1. The summed E-state index contributed by atoms with van der Waals surface area (Å²) in [6.07, 6.45) is 8.91. The van der Waals surface area contributed by atoms with Crippen molar-refractivity contribution in [2.24, 2.45) is 0 Å². The van der Waals surface area contributed by atoms with E-state index in [0.717, 1.165) is 52.7 Å². The number of hydrogen-bond acceptors (Lipinski definition) is 5. The smallest absolute Gasteiger partial charge is 0.413 e. The van der Waals surface area contributed by atoms with Crippen molar-refractivity contribution in [3.63, 3.8) is 0 Å². The number of nitrogens with zero attached hydrogens (tertiary/aromatic N) is 3. The molecule has 1 aliphatic heterocycles. The highest BCUT2D eigenvalue weighted by molar-refractivity contribution is 5.96. The molecule has 8 nitrogen and oxygen atoms in total. The molecule has 6 rings (SSSR count). The van der Waals surface area contributed by atoms with E-state index in [2.05, 4.69) is 50.1 Å². The quantitative estimate of drug-likeness (QED) is 0.304. The molecule has 1 aliphatic rings. The van der Waals surface area contributed by atoms with E-state index in [0.29, 0.717) is 12.2 Å². The molecule has 3 aromatic heterocycles. The maximum Gasteiger partial charge on any atom is 0.413 e. The largest absolute Gasteiger partial charge is 0.430 e. The summed E-state index contributed by atoms with van der Waals surface area (Å²) in [5.74, 6) is 0. The Hall–Kier alpha value is -4.43. The number of carbonyl (C=O) groups excluding carboxylic acids is 1. The number of anilines is 1. The fourth-order valence-electron chi connectivity index (χ4n) is 4.57. The fourth-order valence-corrected chi connectivity index (χ4v) is 4.57. The number of rotatable bonds is 6. The van der Waals surface area contributed by atoms with Gasteiger partial charge >= 0.3 is 6.09 Å². The molecule has 0 bridgehead atoms. The molecule has 1 amide bonds. The third kappa shape index (κ3) is 4.71. The van der Waals surface area contributed by atoms with E-state index in [1.807, 2.05) is 65.7 Å². The molecule has 180 valence electrons. The van der Waals surface area contributed by atoms with Crippen LogP contribution in [0, 0.1) is 0 Å². The van der Waals surface area contributed by atoms with Gasteiger partial charge in [-0.25, -0.2) is 9.78 Å². The third-order valence-corrected chi connectivity index (χ3v) is 6.37. The summed E-state index contributed by atoms with van der Waals surface area (Å²) in [6.45, 7) is 1.59. The van der Waals surface area contributed by atoms with Crippen LogP contribution in [0.2, 0.25) is 0 Å². The second kappa shape index (κ2) is 9.67. The molecule has 0 saturated carbocycles. The van der Waals surface area contributed by atoms with Gasteiger partial charge in [0.15, 0.2) is 6.23 Å². The van der Waals surface area contributed by atoms with Gasteiger partial charge in [-0.05, 0) is 48.7 Å². The molecule has 1 fully saturated rings. The van der Waals surface area contributed by atoms with Gasteiger partial charge in [0, 0.05) is 46.4 Å². The first-order chi connectivity index (χ1) is 17.7. The van der Waals surface area contributed by atoms with E-state index >= 15 is 0 Å². The highest BCUT2D eigenvalue weighted by Gasteiger charge is 2.18. The monoisotopic (exact) mass is 478 g/mol. The molecule has 2 aromatic carbocycles. The molecular formula is C28H26N6O2. The number of aromatic amines is 1. The molecule has 1 saturated heterocycles. The Balaban J connectivity index is 1.23. The number of ether oxygens (including phenoxy) is 1. The molecule has 0 radical (unpaired) electrons. The number of amides is 1. The van der Waals surface area contributed by atoms with Crippen molar-refractivity contribution in [2.45, 2.75) is 25.6 Å². The number of carbonyl (C=O) groups is 1. The van der Waals surface area contributed by atoms with Gasteiger partial charge < -0.3 is 9.72 Å². The molecule has 3 N–H and O–H groups in total. The molecule has 36 heavy (non-hydrogen) atoms. The Morgan fingerprint density at radius 1 is 1.06 bits per heavy atom. The van der Waals surface area contributed by atoms with Crippen LogP contribution in [0.4, 0.5) is 10.5 Å². The summed E-state index contributed by atoms with van der Waals surface area (Å²) < 4.78 is 7.37. The fraction of sp³-hybridized carbons (Fsp3) is 0.179. The minimum absolute atomic E-state index is 0.219. The van der Waals surface area contributed by atoms with Crippen molar-refractivity contribution in [3.05, 3.63) is 91.0 Å². The van der Waals surface area contributed by atoms with Gasteiger partial charge in [-0.1, -0.05) is 42.5 Å². The van der Waals surface area contributed by atoms with Gasteiger partial charge in [0.2, 0.25) is 0 Å². The summed E-state index contributed by atoms with van der Waals surface area (Å²) in [5.41, 5.74) is 6.66. The topological polar surface area (TPSA) is 96.9 Å². The Bertz CT molecular complexity index is 1500. The SMILES string of the molecule is O=C(Nc1cccc(-c2cnc3[nH]cc(-c4cnn(Cc5ccccc5)c4)c3c2)c1)OC1CCCN1. The van der Waals surface area contributed by atoms with Crippen molar-refractivity contribution < 1.29 is 9.53 Å². The minimum Gasteiger partial charge on any atom is -0.430 e. The van der Waals surface area contributed by atoms with Crippen molar-refractivity contribution in [2.75, 3.05) is 11.9 Å². The summed E-state index contributed by atoms with van der Waals surface area (Å²) in [6, 6.07) is 20.1. The van der Waals surface area contributed by atoms with Crippen LogP contribution in [0.15, 0.2) is 85.5 Å². The predicted octanol–water partition coefficient (Wildman–Crippen LogP) is 5.40. The number of H-pyrrole nitrogens is 1. The first-order valence-electron chi connectivity index (χ1n) is 12.1. The van der Waals surface area contributed by atoms with Crippen LogP contribution >= 0.6 is 0 Å². The molecule has 1 unspecified atom stereocenters. The zero-order chi connectivity index (χ0) is 24.3. The third-order valence-electron chi connectivity index (χ3n) is 6.37. The number of benzene rings is 2. The molecule has 0 aliphatic carbocycles. The lowest BCUT2D eigenvalue weighted by Crippen LogP contribution is -2.29. The van der Waals surface area contributed by atoms with E-state index in [-0.39, 0.29) is 6.23 Å². The molecular weight excluding hydrogens is 452 g/mol. The van der Waals surface area contributed by atoms with Crippen LogP contribution in [0.1, 0.15) is 18.4 Å². The highest BCUT2D eigenvalue weighted by atomic mass is 16.6. The lowest BCUT2D eigenvalue weighted by molar-refractivity contribution is 0.102. The van der Waals surface area contributed by atoms with Crippen molar-refractivity contribution in [3.8, 4) is 22.3 Å². The lowest BCUT2D eigenvalue weighted by atomic mass is 10.0. The highest BCUT2D eigenvalue weighted by Crippen LogP contribution is 2.31. The molecule has 8 heteroatoms. The second-order valence-corrected chi connectivity index (χ2v) is 8.93. The van der Waals surface area contributed by atoms with Crippen LogP contribution in [0.25, 0.3) is 33.3 Å². The summed E-state index contributed by atoms with van der Waals surface area (Å²) in [4.78, 5) is 20.2. The number of nitrogens with one attached hydrogen (secondary N) is 3. The van der Waals surface area contributed by atoms with Crippen molar-refractivity contribution >= 4 is 22.8 Å². The van der Waals surface area contributed by atoms with E-state index < -0.39 is 6.09 Å². The zero-order valence-electron chi connectivity index (χ0n) is 19.6. The summed E-state index contributed by atoms with van der Waals surface area (Å²) in [5, 5.41) is 11.6. The maximum absolute atomic E-state index is 12.3. The Kier molecular flexibility index (Phi) is 5.93. The summed E-state index contributed by atoms with van der Waals surface area (Å²) in [7, 11) is 0. The van der Waals surface area contributed by atoms with Gasteiger partial charge in [-0.15, -0.1) is 0 Å². The zero-order valence-corrected chi connectivity index (χ0v) is 19.6. The van der Waals surface area contributed by atoms with Crippen LogP contribution in [-0.2, 0) is 11.3 Å². The summed E-state index contributed by atoms with van der Waals surface area (Å²) >= 11 is 0. The van der Waals surface area contributed by atoms with Gasteiger partial charge in [0.1, 0.15) is 5.65 Å². The normalized spacial score (nSPS) is 15.3. The van der Waals surface area contributed by atoms with Crippen molar-refractivity contribution in [1.82, 2.24) is 25.1 Å². The van der Waals surface area contributed by atoms with Crippen LogP contribution < -0.4 is 10.6 Å². The lowest BCUT2D eigenvalue weighted by Gasteiger charge is -2.13. The van der Waals surface area contributed by atoms with E-state index in [1.165, 1.54) is 5.56 Å². The van der Waals surface area contributed by atoms with E-state index in [1.54, 1.807) is 0 Å². The number of hydrogen-bond donors (Lipinski definition) is 3. The molecule has 4 heterocycles. The first kappa shape index (κ1) is 22.1. The van der Waals surface area contributed by atoms with Gasteiger partial charge in [0.05, 0.1) is 12.7 Å². The number of aromatic nitrogens is 4. The molecule has 5 aromatic rings. The first-order valence-corrected chi connectivity index (χ1v) is 12.1. The maximum atomic E-state index is 12.3. The number of pyridine rings is 1. The van der Waals surface area contributed by atoms with Crippen molar-refractivity contribution in [1.29, 1.82) is 0 Å². The Morgan fingerprint density at radius 2 is 1.97 bits per heavy atom. The van der Waals surface area contributed by atoms with E-state index in [9.17, 15) is 4.79 Å². The Morgan fingerprint density at radius 3 is 2.83 bits per heavy atom. The predicted molar refractivity (Wildman–Crippen MR) is 139 cm³/mol. The van der Waals surface area contributed by atoms with Gasteiger partial charge in [0.25, 0.3) is 0 Å². The second-order valence-electron chi connectivity index (χ2n) is 8.93. The molecule has 1 atom stereocenters. The van der Waals surface area contributed by atoms with Crippen LogP contribution in [0.5, 0.6) is 0 Å². The van der Waals surface area contributed by atoms with Crippen LogP contribution in [0.3, 0.4) is 0 Å². The van der Waals surface area contributed by atoms with Gasteiger partial charge in [-0.2, -0.15) is 5.10 Å². The standard InChI is InChI=1S/C28H26N6O2/c35-28(36-26-10-5-11-29-26)33-23-9-4-8-20(12-23)21-13-24-25(16-31-27(24)30-14-21)22-15-32-34(18-22)17-19-6-2-1-3-7-19/h1-4,6-9,12-16,18,26,29H,5,10-11,17H2,(H,30,31)(H,33,35). The van der Waals surface area contributed by atoms with E-state index in [4.69, 9.17) is 4.74 Å². The average molecular weight is 479 g/mol. The Labute approximate surface area is 208 Å². The van der Waals surface area contributed by atoms with Crippen LogP contribution in [-0.4, -0.2) is 38.6 Å².